The predicted octanol–water partition coefficient (Wildman–Crippen LogP) is 3.53. The van der Waals surface area contributed by atoms with Crippen LogP contribution in [-0.2, 0) is 9.84 Å². The largest absolute Gasteiger partial charge is 0.303 e. The Kier molecular flexibility index (Phi) is 6.37. The third-order valence-corrected chi connectivity index (χ3v) is 6.16. The predicted molar refractivity (Wildman–Crippen MR) is 96.3 cm³/mol. The molecular formula is C19H25NO2S. The number of rotatable bonds is 8. The van der Waals surface area contributed by atoms with Crippen LogP contribution in [0.25, 0.3) is 0 Å². The SMILES string of the molecule is CCN(CC)CCS(=O)(=O)C(c1ccccc1)c1ccccc1. The van der Waals surface area contributed by atoms with Gasteiger partial charge in [0.1, 0.15) is 5.25 Å². The van der Waals surface area contributed by atoms with E-state index < -0.39 is 15.1 Å². The Hall–Kier alpha value is -1.65. The number of sulfone groups is 1. The fraction of sp³-hybridized carbons (Fsp3) is 0.368. The Bertz CT molecular complexity index is 640. The Morgan fingerprint density at radius 1 is 0.826 bits per heavy atom. The second-order valence-corrected chi connectivity index (χ2v) is 7.80. The molecule has 0 atom stereocenters. The molecule has 0 heterocycles. The minimum atomic E-state index is -3.29. The average Bonchev–Trinajstić information content (AvgIpc) is 2.57. The Balaban J connectivity index is 2.34. The first-order chi connectivity index (χ1) is 11.1. The van der Waals surface area contributed by atoms with Crippen molar-refractivity contribution in [2.24, 2.45) is 0 Å². The van der Waals surface area contributed by atoms with E-state index in [0.29, 0.717) is 6.54 Å². The van der Waals surface area contributed by atoms with E-state index in [1.807, 2.05) is 60.7 Å². The Morgan fingerprint density at radius 3 is 1.65 bits per heavy atom. The standard InChI is InChI=1S/C19H25NO2S/c1-3-20(4-2)15-16-23(21,22)19(17-11-7-5-8-12-17)18-13-9-6-10-14-18/h5-14,19H,3-4,15-16H2,1-2H3. The van der Waals surface area contributed by atoms with Crippen molar-refractivity contribution < 1.29 is 8.42 Å². The van der Waals surface area contributed by atoms with E-state index in [1.54, 1.807) is 0 Å². The molecule has 0 amide bonds. The van der Waals surface area contributed by atoms with Gasteiger partial charge in [-0.25, -0.2) is 8.42 Å². The second kappa shape index (κ2) is 8.27. The van der Waals surface area contributed by atoms with Crippen molar-refractivity contribution in [3.05, 3.63) is 71.8 Å². The molecule has 0 aliphatic heterocycles. The van der Waals surface area contributed by atoms with Gasteiger partial charge in [-0.05, 0) is 24.2 Å². The minimum Gasteiger partial charge on any atom is -0.303 e. The first-order valence-corrected chi connectivity index (χ1v) is 9.83. The molecular weight excluding hydrogens is 306 g/mol. The Labute approximate surface area is 139 Å². The third-order valence-electron chi connectivity index (χ3n) is 4.15. The van der Waals surface area contributed by atoms with Crippen LogP contribution in [0.3, 0.4) is 0 Å². The zero-order valence-electron chi connectivity index (χ0n) is 13.9. The summed E-state index contributed by atoms with van der Waals surface area (Å²) in [6.45, 7) is 6.43. The highest BCUT2D eigenvalue weighted by Gasteiger charge is 2.28. The molecule has 0 saturated heterocycles. The van der Waals surface area contributed by atoms with Crippen LogP contribution >= 0.6 is 0 Å². The molecule has 2 aromatic rings. The van der Waals surface area contributed by atoms with Gasteiger partial charge in [-0.2, -0.15) is 0 Å². The van der Waals surface area contributed by atoms with E-state index in [0.717, 1.165) is 24.2 Å². The summed E-state index contributed by atoms with van der Waals surface area (Å²) in [5.41, 5.74) is 1.66. The topological polar surface area (TPSA) is 37.4 Å². The van der Waals surface area contributed by atoms with E-state index in [9.17, 15) is 8.42 Å². The van der Waals surface area contributed by atoms with Crippen LogP contribution in [0.15, 0.2) is 60.7 Å². The van der Waals surface area contributed by atoms with Gasteiger partial charge < -0.3 is 4.90 Å². The molecule has 3 nitrogen and oxygen atoms in total. The van der Waals surface area contributed by atoms with E-state index in [2.05, 4.69) is 18.7 Å². The van der Waals surface area contributed by atoms with Crippen molar-refractivity contribution in [3.63, 3.8) is 0 Å². The average molecular weight is 331 g/mol. The number of hydrogen-bond acceptors (Lipinski definition) is 3. The van der Waals surface area contributed by atoms with E-state index in [-0.39, 0.29) is 5.75 Å². The molecule has 0 bridgehead atoms. The van der Waals surface area contributed by atoms with Gasteiger partial charge in [0.15, 0.2) is 9.84 Å². The Morgan fingerprint density at radius 2 is 1.26 bits per heavy atom. The lowest BCUT2D eigenvalue weighted by Gasteiger charge is -2.22. The van der Waals surface area contributed by atoms with Crippen molar-refractivity contribution >= 4 is 9.84 Å². The highest BCUT2D eigenvalue weighted by Crippen LogP contribution is 2.30. The smallest absolute Gasteiger partial charge is 0.162 e. The fourth-order valence-corrected chi connectivity index (χ4v) is 4.67. The molecule has 0 aromatic heterocycles. The molecule has 124 valence electrons. The molecule has 0 spiro atoms. The normalized spacial score (nSPS) is 12.0. The summed E-state index contributed by atoms with van der Waals surface area (Å²) in [6, 6.07) is 19.0. The fourth-order valence-electron chi connectivity index (χ4n) is 2.78. The third kappa shape index (κ3) is 4.66. The van der Waals surface area contributed by atoms with E-state index >= 15 is 0 Å². The number of nitrogens with zero attached hydrogens (tertiary/aromatic N) is 1. The van der Waals surface area contributed by atoms with Gasteiger partial charge in [0.25, 0.3) is 0 Å². The molecule has 0 aliphatic carbocycles. The maximum Gasteiger partial charge on any atom is 0.162 e. The van der Waals surface area contributed by atoms with Crippen LogP contribution in [0.5, 0.6) is 0 Å². The van der Waals surface area contributed by atoms with Gasteiger partial charge >= 0.3 is 0 Å². The van der Waals surface area contributed by atoms with Crippen LogP contribution < -0.4 is 0 Å². The minimum absolute atomic E-state index is 0.170. The maximum atomic E-state index is 13.0. The van der Waals surface area contributed by atoms with Crippen LogP contribution in [-0.4, -0.2) is 38.7 Å². The summed E-state index contributed by atoms with van der Waals surface area (Å²) in [5, 5.41) is -0.597. The van der Waals surface area contributed by atoms with Gasteiger partial charge in [-0.15, -0.1) is 0 Å². The molecule has 0 fully saturated rings. The van der Waals surface area contributed by atoms with Crippen LogP contribution in [0, 0.1) is 0 Å². The highest BCUT2D eigenvalue weighted by molar-refractivity contribution is 7.91. The zero-order valence-corrected chi connectivity index (χ0v) is 14.7. The lowest BCUT2D eigenvalue weighted by atomic mass is 10.0. The molecule has 2 rings (SSSR count). The maximum absolute atomic E-state index is 13.0. The molecule has 23 heavy (non-hydrogen) atoms. The van der Waals surface area contributed by atoms with Crippen molar-refractivity contribution in [2.75, 3.05) is 25.4 Å². The summed E-state index contributed by atoms with van der Waals surface area (Å²) in [5.74, 6) is 0.170. The highest BCUT2D eigenvalue weighted by atomic mass is 32.2. The van der Waals surface area contributed by atoms with Crippen LogP contribution in [0.1, 0.15) is 30.2 Å². The second-order valence-electron chi connectivity index (χ2n) is 5.60. The molecule has 2 aromatic carbocycles. The summed E-state index contributed by atoms with van der Waals surface area (Å²) in [7, 11) is -3.29. The van der Waals surface area contributed by atoms with Crippen molar-refractivity contribution in [2.45, 2.75) is 19.1 Å². The number of benzene rings is 2. The van der Waals surface area contributed by atoms with Gasteiger partial charge in [0.2, 0.25) is 0 Å². The monoisotopic (exact) mass is 331 g/mol. The van der Waals surface area contributed by atoms with Crippen molar-refractivity contribution in [3.8, 4) is 0 Å². The molecule has 0 radical (unpaired) electrons. The molecule has 0 unspecified atom stereocenters. The summed E-state index contributed by atoms with van der Waals surface area (Å²) in [6.07, 6.45) is 0. The zero-order chi connectivity index (χ0) is 16.7. The first kappa shape index (κ1) is 17.7. The molecule has 0 aliphatic rings. The van der Waals surface area contributed by atoms with E-state index in [1.165, 1.54) is 0 Å². The summed E-state index contributed by atoms with van der Waals surface area (Å²) in [4.78, 5) is 2.14. The van der Waals surface area contributed by atoms with Crippen LogP contribution in [0.2, 0.25) is 0 Å². The quantitative estimate of drug-likeness (QED) is 0.742. The van der Waals surface area contributed by atoms with Crippen molar-refractivity contribution in [1.82, 2.24) is 4.90 Å². The van der Waals surface area contributed by atoms with Gasteiger partial charge in [-0.1, -0.05) is 74.5 Å². The van der Waals surface area contributed by atoms with Crippen molar-refractivity contribution in [1.29, 1.82) is 0 Å². The molecule has 0 saturated carbocycles. The molecule has 4 heteroatoms. The summed E-state index contributed by atoms with van der Waals surface area (Å²) < 4.78 is 26.1. The lowest BCUT2D eigenvalue weighted by Crippen LogP contribution is -2.31. The van der Waals surface area contributed by atoms with Gasteiger partial charge in [-0.3, -0.25) is 0 Å². The lowest BCUT2D eigenvalue weighted by molar-refractivity contribution is 0.321. The van der Waals surface area contributed by atoms with Gasteiger partial charge in [0.05, 0.1) is 5.75 Å². The number of hydrogen-bond donors (Lipinski definition) is 0. The summed E-state index contributed by atoms with van der Waals surface area (Å²) >= 11 is 0. The van der Waals surface area contributed by atoms with Crippen LogP contribution in [0.4, 0.5) is 0 Å². The first-order valence-electron chi connectivity index (χ1n) is 8.12. The van der Waals surface area contributed by atoms with Gasteiger partial charge in [0, 0.05) is 6.54 Å². The van der Waals surface area contributed by atoms with E-state index in [4.69, 9.17) is 0 Å². The molecule has 0 N–H and O–H groups in total.